The van der Waals surface area contributed by atoms with E-state index in [1.165, 1.54) is 115 Å². The molecule has 1 aliphatic carbocycles. The predicted octanol–water partition coefficient (Wildman–Crippen LogP) is 13.5. The Balaban J connectivity index is 0.000000237. The summed E-state index contributed by atoms with van der Waals surface area (Å²) in [4.78, 5) is 0. The van der Waals surface area contributed by atoms with Gasteiger partial charge in [-0.15, -0.1) is 0 Å². The molecular formula is C45H62. The van der Waals surface area contributed by atoms with Gasteiger partial charge in [0, 0.05) is 5.41 Å². The van der Waals surface area contributed by atoms with Crippen molar-refractivity contribution in [3.63, 3.8) is 0 Å². The molecule has 0 N–H and O–H groups in total. The van der Waals surface area contributed by atoms with Gasteiger partial charge in [0.05, 0.1) is 0 Å². The van der Waals surface area contributed by atoms with Gasteiger partial charge in [0.2, 0.25) is 0 Å². The van der Waals surface area contributed by atoms with Crippen molar-refractivity contribution >= 4 is 0 Å². The standard InChI is InChI=1S/C26H36.C11H16.C8H10/c1-22-12-16-24(17-13-22)26(25-18-14-23(2)15-19-25)20-10-8-6-4-3-5-7-9-11-21-26;1-9-5-7-10(8-6-9)11(2,3)4;1-7-4-3-5-8(2)6-7/h12-19H,3-11,20-21H2,1-2H3;5-8H,1-4H3;3-6H,1-2H3. The van der Waals surface area contributed by atoms with Gasteiger partial charge < -0.3 is 0 Å². The second-order valence-corrected chi connectivity index (χ2v) is 14.8. The van der Waals surface area contributed by atoms with E-state index in [1.54, 1.807) is 0 Å². The molecule has 5 rings (SSSR count). The van der Waals surface area contributed by atoms with Crippen LogP contribution in [0.15, 0.2) is 97.1 Å². The molecule has 1 fully saturated rings. The van der Waals surface area contributed by atoms with Crippen molar-refractivity contribution in [3.8, 4) is 0 Å². The molecule has 0 unspecified atom stereocenters. The lowest BCUT2D eigenvalue weighted by Crippen LogP contribution is -2.28. The highest BCUT2D eigenvalue weighted by Gasteiger charge is 2.33. The van der Waals surface area contributed by atoms with Crippen LogP contribution in [0, 0.1) is 34.6 Å². The van der Waals surface area contributed by atoms with Gasteiger partial charge in [0.15, 0.2) is 0 Å². The Hall–Kier alpha value is -3.12. The minimum absolute atomic E-state index is 0.195. The molecule has 0 nitrogen and oxygen atoms in total. The van der Waals surface area contributed by atoms with Gasteiger partial charge in [-0.25, -0.2) is 0 Å². The average Bonchev–Trinajstić information content (AvgIpc) is 2.99. The van der Waals surface area contributed by atoms with Crippen LogP contribution in [0.4, 0.5) is 0 Å². The summed E-state index contributed by atoms with van der Waals surface area (Å²) in [5.41, 5.74) is 11.7. The van der Waals surface area contributed by atoms with E-state index in [0.717, 1.165) is 0 Å². The number of rotatable bonds is 2. The molecule has 4 aromatic rings. The minimum Gasteiger partial charge on any atom is -0.0617 e. The van der Waals surface area contributed by atoms with Crippen molar-refractivity contribution in [2.24, 2.45) is 0 Å². The summed E-state index contributed by atoms with van der Waals surface area (Å²) in [5, 5.41) is 0. The average molecular weight is 603 g/mol. The van der Waals surface area contributed by atoms with E-state index in [-0.39, 0.29) is 10.8 Å². The molecule has 0 aliphatic heterocycles. The first-order valence-electron chi connectivity index (χ1n) is 17.7. The van der Waals surface area contributed by atoms with Crippen LogP contribution in [0.5, 0.6) is 0 Å². The summed E-state index contributed by atoms with van der Waals surface area (Å²) in [5.74, 6) is 0. The summed E-state index contributed by atoms with van der Waals surface area (Å²) in [7, 11) is 0. The van der Waals surface area contributed by atoms with Gasteiger partial charge in [0.25, 0.3) is 0 Å². The molecule has 0 heteroatoms. The smallest absolute Gasteiger partial charge is 0.0202 e. The van der Waals surface area contributed by atoms with Gasteiger partial charge in [-0.3, -0.25) is 0 Å². The molecule has 0 amide bonds. The molecular weight excluding hydrogens is 540 g/mol. The Labute approximate surface area is 277 Å². The quantitative estimate of drug-likeness (QED) is 0.214. The highest BCUT2D eigenvalue weighted by molar-refractivity contribution is 5.41. The molecule has 242 valence electrons. The first-order valence-corrected chi connectivity index (χ1v) is 17.7. The van der Waals surface area contributed by atoms with Gasteiger partial charge in [-0.1, -0.05) is 203 Å². The summed E-state index contributed by atoms with van der Waals surface area (Å²) >= 11 is 0. The Morgan fingerprint density at radius 2 is 0.733 bits per heavy atom. The zero-order valence-corrected chi connectivity index (χ0v) is 30.0. The van der Waals surface area contributed by atoms with Gasteiger partial charge in [-0.2, -0.15) is 0 Å². The summed E-state index contributed by atoms with van der Waals surface area (Å²) < 4.78 is 0. The molecule has 0 spiro atoms. The van der Waals surface area contributed by atoms with E-state index in [1.807, 2.05) is 0 Å². The fourth-order valence-electron chi connectivity index (χ4n) is 6.57. The maximum atomic E-state index is 2.40. The lowest BCUT2D eigenvalue weighted by atomic mass is 9.67. The van der Waals surface area contributed by atoms with Crippen LogP contribution in [0.2, 0.25) is 0 Å². The second kappa shape index (κ2) is 18.1. The second-order valence-electron chi connectivity index (χ2n) is 14.8. The van der Waals surface area contributed by atoms with E-state index < -0.39 is 0 Å². The number of hydrogen-bond donors (Lipinski definition) is 0. The van der Waals surface area contributed by atoms with E-state index in [2.05, 4.69) is 152 Å². The Morgan fingerprint density at radius 1 is 0.400 bits per heavy atom. The van der Waals surface area contributed by atoms with E-state index >= 15 is 0 Å². The zero-order chi connectivity index (χ0) is 32.7. The molecule has 1 saturated carbocycles. The lowest BCUT2D eigenvalue weighted by molar-refractivity contribution is 0.383. The van der Waals surface area contributed by atoms with Crippen LogP contribution in [0.25, 0.3) is 0 Å². The molecule has 0 saturated heterocycles. The number of aryl methyl sites for hydroxylation is 5. The van der Waals surface area contributed by atoms with Gasteiger partial charge in [0.1, 0.15) is 0 Å². The first kappa shape index (κ1) is 36.3. The molecule has 0 heterocycles. The number of benzene rings is 4. The first-order chi connectivity index (χ1) is 21.5. The highest BCUT2D eigenvalue weighted by atomic mass is 14.4. The molecule has 0 bridgehead atoms. The van der Waals surface area contributed by atoms with Crippen LogP contribution in [-0.2, 0) is 10.8 Å². The number of hydrogen-bond acceptors (Lipinski definition) is 0. The van der Waals surface area contributed by atoms with Crippen LogP contribution in [-0.4, -0.2) is 0 Å². The topological polar surface area (TPSA) is 0 Å². The van der Waals surface area contributed by atoms with Crippen molar-refractivity contribution in [2.45, 2.75) is 137 Å². The maximum Gasteiger partial charge on any atom is 0.0202 e. The highest BCUT2D eigenvalue weighted by Crippen LogP contribution is 2.42. The Kier molecular flexibility index (Phi) is 14.6. The fourth-order valence-corrected chi connectivity index (χ4v) is 6.57. The van der Waals surface area contributed by atoms with Crippen molar-refractivity contribution in [3.05, 3.63) is 142 Å². The maximum absolute atomic E-state index is 2.40. The predicted molar refractivity (Wildman–Crippen MR) is 200 cm³/mol. The molecule has 45 heavy (non-hydrogen) atoms. The normalized spacial score (nSPS) is 15.6. The zero-order valence-electron chi connectivity index (χ0n) is 30.0. The van der Waals surface area contributed by atoms with Crippen molar-refractivity contribution < 1.29 is 0 Å². The van der Waals surface area contributed by atoms with Crippen LogP contribution < -0.4 is 0 Å². The summed E-state index contributed by atoms with van der Waals surface area (Å²) in [6, 6.07) is 36.0. The Morgan fingerprint density at radius 3 is 1.04 bits per heavy atom. The van der Waals surface area contributed by atoms with E-state index in [9.17, 15) is 0 Å². The fraction of sp³-hybridized carbons (Fsp3) is 0.467. The van der Waals surface area contributed by atoms with Crippen molar-refractivity contribution in [1.29, 1.82) is 0 Å². The van der Waals surface area contributed by atoms with Gasteiger partial charge in [-0.05, 0) is 69.6 Å². The van der Waals surface area contributed by atoms with Crippen LogP contribution >= 0.6 is 0 Å². The minimum atomic E-state index is 0.195. The molecule has 1 aliphatic rings. The summed E-state index contributed by atoms with van der Waals surface area (Å²) in [6.07, 6.45) is 15.2. The van der Waals surface area contributed by atoms with Crippen molar-refractivity contribution in [2.75, 3.05) is 0 Å². The third-order valence-electron chi connectivity index (χ3n) is 9.51. The van der Waals surface area contributed by atoms with Crippen molar-refractivity contribution in [1.82, 2.24) is 0 Å². The molecule has 0 aromatic heterocycles. The largest absolute Gasteiger partial charge is 0.0617 e. The SMILES string of the molecule is Cc1ccc(C(C)(C)C)cc1.Cc1ccc(C2(c3ccc(C)cc3)CCCCCCCCCCC2)cc1.Cc1cccc(C)c1. The Bertz CT molecular complexity index is 1290. The summed E-state index contributed by atoms with van der Waals surface area (Å²) in [6.45, 7) is 17.4. The third-order valence-corrected chi connectivity index (χ3v) is 9.51. The van der Waals surface area contributed by atoms with E-state index in [4.69, 9.17) is 0 Å². The molecule has 4 aromatic carbocycles. The lowest BCUT2D eigenvalue weighted by Gasteiger charge is -2.36. The van der Waals surface area contributed by atoms with Crippen LogP contribution in [0.1, 0.15) is 136 Å². The molecule has 0 atom stereocenters. The van der Waals surface area contributed by atoms with Gasteiger partial charge >= 0.3 is 0 Å². The van der Waals surface area contributed by atoms with E-state index in [0.29, 0.717) is 0 Å². The molecule has 0 radical (unpaired) electrons. The monoisotopic (exact) mass is 602 g/mol. The van der Waals surface area contributed by atoms with Crippen LogP contribution in [0.3, 0.4) is 0 Å². The third kappa shape index (κ3) is 12.3.